The maximum Gasteiger partial charge on any atom is 0.242 e. The van der Waals surface area contributed by atoms with Crippen LogP contribution in [0.25, 0.3) is 38.6 Å². The molecule has 0 amide bonds. The number of aromatic nitrogens is 3. The van der Waals surface area contributed by atoms with Crippen LogP contribution in [0.5, 0.6) is 17.4 Å². The van der Waals surface area contributed by atoms with Crippen molar-refractivity contribution in [2.24, 2.45) is 0 Å². The molecule has 0 saturated heterocycles. The summed E-state index contributed by atoms with van der Waals surface area (Å²) >= 11 is 0. The van der Waals surface area contributed by atoms with Gasteiger partial charge >= 0.3 is 0 Å². The molecule has 0 fully saturated rings. The summed E-state index contributed by atoms with van der Waals surface area (Å²) < 4.78 is 8.82. The Morgan fingerprint density at radius 2 is 1.59 bits per heavy atom. The first-order valence-corrected chi connectivity index (χ1v) is 12.6. The maximum atomic E-state index is 11.0. The molecule has 182 valence electrons. The van der Waals surface area contributed by atoms with Crippen LogP contribution in [0.3, 0.4) is 0 Å². The molecule has 0 radical (unpaired) electrons. The molecular weight excluding hydrogens is 458 g/mol. The molecule has 0 unspecified atom stereocenters. The molecule has 37 heavy (non-hydrogen) atoms. The lowest BCUT2D eigenvalue weighted by atomic mass is 9.60. The largest absolute Gasteiger partial charge is 0.507 e. The molecule has 6 aromatic rings. The standard InChI is InChI=1S/C32H27N3O2/c1-31(2)23-14-8-13-22-21-12-9-16-25(36)26(21)29-34-30(28(32(31,3)4)35(29)27(22)23)37-20-11-7-10-19(18-20)24-15-5-6-17-33-24/h5-18,36H,1-4H3. The number of aromatic hydroxyl groups is 1. The van der Waals surface area contributed by atoms with Crippen molar-refractivity contribution in [3.63, 3.8) is 0 Å². The van der Waals surface area contributed by atoms with Crippen LogP contribution in [-0.2, 0) is 10.8 Å². The molecule has 3 aromatic heterocycles. The lowest BCUT2D eigenvalue weighted by Gasteiger charge is -2.45. The van der Waals surface area contributed by atoms with Gasteiger partial charge in [-0.25, -0.2) is 0 Å². The van der Waals surface area contributed by atoms with E-state index in [4.69, 9.17) is 9.72 Å². The van der Waals surface area contributed by atoms with E-state index in [1.807, 2.05) is 48.5 Å². The highest BCUT2D eigenvalue weighted by Gasteiger charge is 2.48. The van der Waals surface area contributed by atoms with Gasteiger partial charge in [0.1, 0.15) is 11.5 Å². The van der Waals surface area contributed by atoms with Crippen molar-refractivity contribution >= 4 is 27.3 Å². The molecule has 1 N–H and O–H groups in total. The first kappa shape index (κ1) is 21.9. The van der Waals surface area contributed by atoms with E-state index in [1.54, 1.807) is 12.3 Å². The smallest absolute Gasteiger partial charge is 0.242 e. The van der Waals surface area contributed by atoms with Crippen LogP contribution in [0.15, 0.2) is 85.1 Å². The van der Waals surface area contributed by atoms with E-state index in [2.05, 4.69) is 61.3 Å². The summed E-state index contributed by atoms with van der Waals surface area (Å²) in [5.41, 5.74) is 5.45. The minimum absolute atomic E-state index is 0.201. The van der Waals surface area contributed by atoms with Crippen LogP contribution >= 0.6 is 0 Å². The Labute approximate surface area is 215 Å². The highest BCUT2D eigenvalue weighted by atomic mass is 16.5. The second-order valence-electron chi connectivity index (χ2n) is 10.9. The minimum Gasteiger partial charge on any atom is -0.507 e. The summed E-state index contributed by atoms with van der Waals surface area (Å²) in [5, 5.41) is 13.8. The number of ether oxygens (including phenoxy) is 1. The SMILES string of the molecule is CC1(C)c2cccc3c4cccc(O)c4c4nc(Oc5cccc(-c6ccccn6)c5)c(n4c23)C1(C)C. The number of hydrogen-bond donors (Lipinski definition) is 1. The summed E-state index contributed by atoms with van der Waals surface area (Å²) in [6, 6.07) is 26.0. The van der Waals surface area contributed by atoms with Gasteiger partial charge in [0.15, 0.2) is 5.65 Å². The van der Waals surface area contributed by atoms with Crippen LogP contribution < -0.4 is 4.74 Å². The Hall–Kier alpha value is -4.38. The highest BCUT2D eigenvalue weighted by Crippen LogP contribution is 2.54. The molecule has 4 heterocycles. The van der Waals surface area contributed by atoms with E-state index in [-0.39, 0.29) is 16.6 Å². The summed E-state index contributed by atoms with van der Waals surface area (Å²) in [4.78, 5) is 9.57. The second kappa shape index (κ2) is 7.32. The molecular formula is C32H27N3O2. The monoisotopic (exact) mass is 485 g/mol. The van der Waals surface area contributed by atoms with Gasteiger partial charge in [0.2, 0.25) is 5.88 Å². The van der Waals surface area contributed by atoms with Gasteiger partial charge in [0.05, 0.1) is 22.3 Å². The molecule has 5 nitrogen and oxygen atoms in total. The van der Waals surface area contributed by atoms with Gasteiger partial charge in [-0.05, 0) is 41.3 Å². The molecule has 1 aliphatic rings. The van der Waals surface area contributed by atoms with Crippen LogP contribution in [-0.4, -0.2) is 19.5 Å². The van der Waals surface area contributed by atoms with Gasteiger partial charge in [0.25, 0.3) is 0 Å². The maximum absolute atomic E-state index is 11.0. The molecule has 1 aliphatic heterocycles. The van der Waals surface area contributed by atoms with Crippen molar-refractivity contribution < 1.29 is 9.84 Å². The Kier molecular flexibility index (Phi) is 4.33. The number of phenolic OH excluding ortho intramolecular Hbond substituents is 1. The molecule has 0 atom stereocenters. The van der Waals surface area contributed by atoms with E-state index >= 15 is 0 Å². The third kappa shape index (κ3) is 2.85. The van der Waals surface area contributed by atoms with Crippen LogP contribution in [0.1, 0.15) is 39.0 Å². The highest BCUT2D eigenvalue weighted by molar-refractivity contribution is 6.15. The molecule has 0 spiro atoms. The lowest BCUT2D eigenvalue weighted by molar-refractivity contribution is 0.279. The predicted molar refractivity (Wildman–Crippen MR) is 148 cm³/mol. The number of para-hydroxylation sites is 1. The van der Waals surface area contributed by atoms with E-state index in [0.29, 0.717) is 17.3 Å². The van der Waals surface area contributed by atoms with E-state index in [0.717, 1.165) is 38.6 Å². The van der Waals surface area contributed by atoms with Crippen molar-refractivity contribution in [1.29, 1.82) is 0 Å². The van der Waals surface area contributed by atoms with Gasteiger partial charge in [-0.2, -0.15) is 4.98 Å². The normalized spacial score (nSPS) is 15.6. The van der Waals surface area contributed by atoms with Gasteiger partial charge in [-0.1, -0.05) is 76.2 Å². The predicted octanol–water partition coefficient (Wildman–Crippen LogP) is 7.77. The topological polar surface area (TPSA) is 59.7 Å². The fourth-order valence-electron chi connectivity index (χ4n) is 5.91. The summed E-state index contributed by atoms with van der Waals surface area (Å²) in [5.74, 6) is 1.47. The molecule has 5 heteroatoms. The van der Waals surface area contributed by atoms with Crippen molar-refractivity contribution in [3.05, 3.63) is 96.3 Å². The molecule has 7 rings (SSSR count). The third-order valence-corrected chi connectivity index (χ3v) is 8.50. The number of phenols is 1. The first-order valence-electron chi connectivity index (χ1n) is 12.6. The van der Waals surface area contributed by atoms with Crippen molar-refractivity contribution in [1.82, 2.24) is 14.4 Å². The fraction of sp³-hybridized carbons (Fsp3) is 0.188. The third-order valence-electron chi connectivity index (χ3n) is 8.50. The lowest BCUT2D eigenvalue weighted by Crippen LogP contribution is -2.44. The van der Waals surface area contributed by atoms with Gasteiger partial charge in [0, 0.05) is 28.0 Å². The Bertz CT molecular complexity index is 1870. The molecule has 3 aromatic carbocycles. The van der Waals surface area contributed by atoms with Crippen LogP contribution in [0.2, 0.25) is 0 Å². The number of imidazole rings is 1. The van der Waals surface area contributed by atoms with E-state index in [9.17, 15) is 5.11 Å². The number of hydrogen-bond acceptors (Lipinski definition) is 4. The molecule has 0 saturated carbocycles. The van der Waals surface area contributed by atoms with E-state index < -0.39 is 0 Å². The Morgan fingerprint density at radius 1 is 0.811 bits per heavy atom. The van der Waals surface area contributed by atoms with Gasteiger partial charge in [-0.3, -0.25) is 9.38 Å². The average molecular weight is 486 g/mol. The summed E-state index contributed by atoms with van der Waals surface area (Å²) in [6.45, 7) is 9.10. The zero-order valence-electron chi connectivity index (χ0n) is 21.3. The number of pyridine rings is 2. The van der Waals surface area contributed by atoms with Crippen LogP contribution in [0, 0.1) is 0 Å². The second-order valence-corrected chi connectivity index (χ2v) is 10.9. The summed E-state index contributed by atoms with van der Waals surface area (Å²) in [6.07, 6.45) is 1.79. The zero-order valence-corrected chi connectivity index (χ0v) is 21.3. The van der Waals surface area contributed by atoms with Crippen molar-refractivity contribution in [3.8, 4) is 28.6 Å². The van der Waals surface area contributed by atoms with Crippen molar-refractivity contribution in [2.45, 2.75) is 38.5 Å². The summed E-state index contributed by atoms with van der Waals surface area (Å²) in [7, 11) is 0. The van der Waals surface area contributed by atoms with Gasteiger partial charge in [-0.15, -0.1) is 0 Å². The molecule has 0 bridgehead atoms. The van der Waals surface area contributed by atoms with Crippen LogP contribution in [0.4, 0.5) is 0 Å². The fourth-order valence-corrected chi connectivity index (χ4v) is 5.91. The number of fused-ring (bicyclic) bond motifs is 3. The minimum atomic E-state index is -0.320. The van der Waals surface area contributed by atoms with Gasteiger partial charge < -0.3 is 9.84 Å². The Morgan fingerprint density at radius 3 is 2.41 bits per heavy atom. The first-order chi connectivity index (χ1) is 17.8. The average Bonchev–Trinajstić information content (AvgIpc) is 3.28. The Balaban J connectivity index is 1.56. The number of rotatable bonds is 3. The van der Waals surface area contributed by atoms with Crippen molar-refractivity contribution in [2.75, 3.05) is 0 Å². The molecule has 0 aliphatic carbocycles. The zero-order chi connectivity index (χ0) is 25.5. The van der Waals surface area contributed by atoms with E-state index in [1.165, 1.54) is 5.56 Å². The number of benzene rings is 3. The number of nitrogens with zero attached hydrogens (tertiary/aromatic N) is 3. The quantitative estimate of drug-likeness (QED) is 0.260.